The molecule has 13 rings (SSSR count). The minimum atomic E-state index is 0.177. The quantitative estimate of drug-likeness (QED) is 0.172. The average Bonchev–Trinajstić information content (AvgIpc) is 3.46. The van der Waals surface area contributed by atoms with Crippen molar-refractivity contribution in [1.82, 2.24) is 0 Å². The fourth-order valence-corrected chi connectivity index (χ4v) is 12.0. The number of rotatable bonds is 3. The van der Waals surface area contributed by atoms with E-state index in [2.05, 4.69) is 157 Å². The lowest BCUT2D eigenvalue weighted by molar-refractivity contribution is -0.0399. The lowest BCUT2D eigenvalue weighted by atomic mass is 9.43. The zero-order valence-electron chi connectivity index (χ0n) is 28.7. The Morgan fingerprint density at radius 2 is 0.843 bits per heavy atom. The van der Waals surface area contributed by atoms with Crippen LogP contribution in [0.2, 0.25) is 0 Å². The summed E-state index contributed by atoms with van der Waals surface area (Å²) in [5, 5.41) is 10.3. The third kappa shape index (κ3) is 3.87. The second-order valence-corrected chi connectivity index (χ2v) is 16.2. The highest BCUT2D eigenvalue weighted by molar-refractivity contribution is 6.10. The van der Waals surface area contributed by atoms with Crippen molar-refractivity contribution in [2.24, 2.45) is 23.7 Å². The van der Waals surface area contributed by atoms with Gasteiger partial charge in [0.05, 0.1) is 0 Å². The van der Waals surface area contributed by atoms with Crippen molar-refractivity contribution in [3.63, 3.8) is 0 Å². The second-order valence-electron chi connectivity index (χ2n) is 16.2. The Kier molecular flexibility index (Phi) is 5.73. The van der Waals surface area contributed by atoms with Crippen molar-refractivity contribution in [3.8, 4) is 11.1 Å². The molecule has 0 radical (unpaired) electrons. The average molecular weight is 654 g/mol. The molecule has 0 unspecified atom stereocenters. The second kappa shape index (κ2) is 10.3. The highest BCUT2D eigenvalue weighted by atomic mass is 15.1. The molecule has 0 heterocycles. The number of nitrogens with zero attached hydrogens (tertiary/aromatic N) is 1. The standard InChI is InChI=1S/C50H39N/c1-3-9-42-33(7-1)13-15-35-28-39(17-20-44(35)42)51(40-18-21-45-36(29-40)16-14-34-8-2-4-10-43(34)45)41-19-22-49-47(30-41)46-11-5-6-12-48(46)50(49)37-24-31-23-32(26-37)27-38(50)25-31/h1-22,28-32,37-38H,23-27H2. The van der Waals surface area contributed by atoms with Gasteiger partial charge in [0, 0.05) is 22.5 Å². The highest BCUT2D eigenvalue weighted by Crippen LogP contribution is 2.69. The fraction of sp³-hybridized carbons (Fsp3) is 0.200. The van der Waals surface area contributed by atoms with E-state index >= 15 is 0 Å². The number of fused-ring (bicyclic) bond motifs is 9. The minimum Gasteiger partial charge on any atom is -0.310 e. The maximum absolute atomic E-state index is 2.56. The monoisotopic (exact) mass is 653 g/mol. The summed E-state index contributed by atoms with van der Waals surface area (Å²) in [4.78, 5) is 2.51. The summed E-state index contributed by atoms with van der Waals surface area (Å²) in [6, 6.07) is 57.8. The Balaban J connectivity index is 1.07. The third-order valence-corrected chi connectivity index (χ3v) is 13.8. The predicted molar refractivity (Wildman–Crippen MR) is 214 cm³/mol. The molecular weight excluding hydrogens is 615 g/mol. The van der Waals surface area contributed by atoms with E-state index in [4.69, 9.17) is 0 Å². The van der Waals surface area contributed by atoms with Crippen molar-refractivity contribution in [3.05, 3.63) is 163 Å². The van der Waals surface area contributed by atoms with E-state index in [-0.39, 0.29) is 5.41 Å². The Hall–Kier alpha value is -5.40. The van der Waals surface area contributed by atoms with Gasteiger partial charge in [0.2, 0.25) is 0 Å². The van der Waals surface area contributed by atoms with Crippen LogP contribution in [-0.4, -0.2) is 0 Å². The van der Waals surface area contributed by atoms with E-state index in [1.807, 2.05) is 0 Å². The van der Waals surface area contributed by atoms with Gasteiger partial charge in [-0.05, 0) is 158 Å². The number of benzene rings is 8. The molecule has 8 aromatic rings. The molecular formula is C50H39N. The first-order valence-electron chi connectivity index (χ1n) is 19.1. The number of hydrogen-bond acceptors (Lipinski definition) is 1. The van der Waals surface area contributed by atoms with Crippen LogP contribution in [0.4, 0.5) is 17.1 Å². The van der Waals surface area contributed by atoms with Gasteiger partial charge in [-0.25, -0.2) is 0 Å². The van der Waals surface area contributed by atoms with Gasteiger partial charge in [0.1, 0.15) is 0 Å². The van der Waals surface area contributed by atoms with Gasteiger partial charge in [-0.2, -0.15) is 0 Å². The predicted octanol–water partition coefficient (Wildman–Crippen LogP) is 13.5. The van der Waals surface area contributed by atoms with Gasteiger partial charge in [-0.15, -0.1) is 0 Å². The van der Waals surface area contributed by atoms with Crippen LogP contribution in [-0.2, 0) is 5.41 Å². The van der Waals surface area contributed by atoms with E-state index in [1.165, 1.54) is 103 Å². The first kappa shape index (κ1) is 28.3. The van der Waals surface area contributed by atoms with Gasteiger partial charge in [0.25, 0.3) is 0 Å². The van der Waals surface area contributed by atoms with E-state index in [9.17, 15) is 0 Å². The van der Waals surface area contributed by atoms with Gasteiger partial charge in [0.15, 0.2) is 0 Å². The largest absolute Gasteiger partial charge is 0.310 e. The molecule has 0 saturated heterocycles. The lowest BCUT2D eigenvalue weighted by Crippen LogP contribution is -2.55. The van der Waals surface area contributed by atoms with Crippen molar-refractivity contribution >= 4 is 60.2 Å². The van der Waals surface area contributed by atoms with Crippen molar-refractivity contribution in [2.45, 2.75) is 37.5 Å². The maximum Gasteiger partial charge on any atom is 0.0468 e. The zero-order valence-corrected chi connectivity index (χ0v) is 28.7. The molecule has 1 spiro atoms. The Morgan fingerprint density at radius 3 is 1.47 bits per heavy atom. The van der Waals surface area contributed by atoms with E-state index < -0.39 is 0 Å². The summed E-state index contributed by atoms with van der Waals surface area (Å²) in [6.07, 6.45) is 7.12. The molecule has 1 heteroatoms. The summed E-state index contributed by atoms with van der Waals surface area (Å²) in [5.41, 5.74) is 9.93. The molecule has 8 aromatic carbocycles. The molecule has 0 aliphatic heterocycles. The lowest BCUT2D eigenvalue weighted by Gasteiger charge is -2.61. The van der Waals surface area contributed by atoms with Crippen LogP contribution in [0, 0.1) is 23.7 Å². The first-order valence-corrected chi connectivity index (χ1v) is 19.1. The third-order valence-electron chi connectivity index (χ3n) is 13.8. The fourth-order valence-electron chi connectivity index (χ4n) is 12.0. The summed E-state index contributed by atoms with van der Waals surface area (Å²) in [5.74, 6) is 3.42. The van der Waals surface area contributed by atoms with Crippen LogP contribution >= 0.6 is 0 Å². The Morgan fingerprint density at radius 1 is 0.373 bits per heavy atom. The van der Waals surface area contributed by atoms with E-state index in [0.29, 0.717) is 0 Å². The maximum atomic E-state index is 2.56. The van der Waals surface area contributed by atoms with Gasteiger partial charge in [-0.3, -0.25) is 0 Å². The first-order chi connectivity index (χ1) is 25.2. The summed E-state index contributed by atoms with van der Waals surface area (Å²) in [6.45, 7) is 0. The van der Waals surface area contributed by atoms with Crippen molar-refractivity contribution in [2.75, 3.05) is 4.90 Å². The summed E-state index contributed by atoms with van der Waals surface area (Å²) in [7, 11) is 0. The number of hydrogen-bond donors (Lipinski definition) is 0. The Labute approximate surface area is 299 Å². The molecule has 1 nitrogen and oxygen atoms in total. The van der Waals surface area contributed by atoms with Gasteiger partial charge >= 0.3 is 0 Å². The van der Waals surface area contributed by atoms with Gasteiger partial charge < -0.3 is 4.90 Å². The molecule has 4 fully saturated rings. The molecule has 4 saturated carbocycles. The van der Waals surface area contributed by atoms with Gasteiger partial charge in [-0.1, -0.05) is 115 Å². The molecule has 0 atom stereocenters. The molecule has 244 valence electrons. The van der Waals surface area contributed by atoms with Crippen LogP contribution in [0.1, 0.15) is 43.2 Å². The highest BCUT2D eigenvalue weighted by Gasteiger charge is 2.61. The summed E-state index contributed by atoms with van der Waals surface area (Å²) >= 11 is 0. The molecule has 0 N–H and O–H groups in total. The SMILES string of the molecule is c1ccc2c(c1)-c1cc(N(c3ccc4c(ccc5ccccc54)c3)c3ccc4c(ccc5ccccc54)c3)ccc1C21C2CC3CC(C2)CC1C3. The van der Waals surface area contributed by atoms with Crippen LogP contribution in [0.3, 0.4) is 0 Å². The van der Waals surface area contributed by atoms with Crippen molar-refractivity contribution < 1.29 is 0 Å². The smallest absolute Gasteiger partial charge is 0.0468 e. The van der Waals surface area contributed by atoms with E-state index in [0.717, 1.165) is 23.7 Å². The topological polar surface area (TPSA) is 3.24 Å². The van der Waals surface area contributed by atoms with E-state index in [1.54, 1.807) is 11.1 Å². The molecule has 0 amide bonds. The molecule has 4 bridgehead atoms. The molecule has 51 heavy (non-hydrogen) atoms. The normalized spacial score (nSPS) is 24.2. The zero-order chi connectivity index (χ0) is 33.3. The van der Waals surface area contributed by atoms with Crippen LogP contribution in [0.5, 0.6) is 0 Å². The Bertz CT molecular complexity index is 2590. The van der Waals surface area contributed by atoms with Crippen LogP contribution in [0.25, 0.3) is 54.2 Å². The molecule has 5 aliphatic rings. The van der Waals surface area contributed by atoms with Crippen molar-refractivity contribution in [1.29, 1.82) is 0 Å². The molecule has 0 aromatic heterocycles. The van der Waals surface area contributed by atoms with Crippen LogP contribution in [0.15, 0.2) is 152 Å². The molecule has 5 aliphatic carbocycles. The number of anilines is 3. The minimum absolute atomic E-state index is 0.177. The summed E-state index contributed by atoms with van der Waals surface area (Å²) < 4.78 is 0. The van der Waals surface area contributed by atoms with Crippen LogP contribution < -0.4 is 4.90 Å².